The molecule has 0 bridgehead atoms. The van der Waals surface area contributed by atoms with Gasteiger partial charge in [0.05, 0.1) is 26.5 Å². The second-order valence-electron chi connectivity index (χ2n) is 4.60. The van der Waals surface area contributed by atoms with Gasteiger partial charge in [-0.1, -0.05) is 19.8 Å². The first-order valence-corrected chi connectivity index (χ1v) is 6.46. The quantitative estimate of drug-likeness (QED) is 0.802. The second-order valence-corrected chi connectivity index (χ2v) is 4.60. The molecule has 1 heterocycles. The summed E-state index contributed by atoms with van der Waals surface area (Å²) in [5.41, 5.74) is 0.882. The molecule has 1 atom stereocenters. The van der Waals surface area contributed by atoms with Crippen LogP contribution in [0, 0.1) is 5.92 Å². The molecule has 18 heavy (non-hydrogen) atoms. The third-order valence-corrected chi connectivity index (χ3v) is 3.19. The molecular formula is C13H21N3O2. The highest BCUT2D eigenvalue weighted by molar-refractivity contribution is 5.26. The predicted molar refractivity (Wildman–Crippen MR) is 68.9 cm³/mol. The van der Waals surface area contributed by atoms with E-state index >= 15 is 0 Å². The van der Waals surface area contributed by atoms with Crippen LogP contribution in [0.5, 0.6) is 11.8 Å². The van der Waals surface area contributed by atoms with Gasteiger partial charge in [0.25, 0.3) is 0 Å². The molecule has 1 aliphatic rings. The minimum Gasteiger partial charge on any atom is -0.480 e. The lowest BCUT2D eigenvalue weighted by molar-refractivity contribution is 0.345. The van der Waals surface area contributed by atoms with E-state index in [4.69, 9.17) is 9.47 Å². The minimum atomic E-state index is 0.218. The highest BCUT2D eigenvalue weighted by Crippen LogP contribution is 2.38. The van der Waals surface area contributed by atoms with E-state index < -0.39 is 0 Å². The largest absolute Gasteiger partial charge is 0.480 e. The third kappa shape index (κ3) is 3.10. The zero-order valence-electron chi connectivity index (χ0n) is 11.3. The molecule has 1 fully saturated rings. The molecule has 1 saturated carbocycles. The van der Waals surface area contributed by atoms with Crippen LogP contribution in [0.25, 0.3) is 0 Å². The third-order valence-electron chi connectivity index (χ3n) is 3.19. The normalized spacial score (nSPS) is 16.4. The van der Waals surface area contributed by atoms with E-state index in [1.54, 1.807) is 20.4 Å². The van der Waals surface area contributed by atoms with Crippen molar-refractivity contribution in [2.45, 2.75) is 32.2 Å². The summed E-state index contributed by atoms with van der Waals surface area (Å²) < 4.78 is 10.4. The van der Waals surface area contributed by atoms with Crippen LogP contribution in [0.3, 0.4) is 0 Å². The van der Waals surface area contributed by atoms with Crippen molar-refractivity contribution in [1.82, 2.24) is 15.3 Å². The van der Waals surface area contributed by atoms with Gasteiger partial charge in [-0.2, -0.15) is 4.98 Å². The Balaban J connectivity index is 2.20. The number of methoxy groups -OCH3 is 2. The van der Waals surface area contributed by atoms with Crippen molar-refractivity contribution in [1.29, 1.82) is 0 Å². The summed E-state index contributed by atoms with van der Waals surface area (Å²) in [4.78, 5) is 8.74. The van der Waals surface area contributed by atoms with E-state index in [9.17, 15) is 0 Å². The van der Waals surface area contributed by atoms with Gasteiger partial charge in [-0.05, 0) is 18.9 Å². The Kier molecular flexibility index (Phi) is 4.36. The van der Waals surface area contributed by atoms with Gasteiger partial charge in [-0.25, -0.2) is 4.98 Å². The summed E-state index contributed by atoms with van der Waals surface area (Å²) in [7, 11) is 3.20. The van der Waals surface area contributed by atoms with Gasteiger partial charge >= 0.3 is 0 Å². The van der Waals surface area contributed by atoms with Crippen molar-refractivity contribution in [3.8, 4) is 11.8 Å². The lowest BCUT2D eigenvalue weighted by Gasteiger charge is -2.19. The molecule has 1 aromatic rings. The number of hydrogen-bond donors (Lipinski definition) is 1. The molecular weight excluding hydrogens is 230 g/mol. The monoisotopic (exact) mass is 251 g/mol. The topological polar surface area (TPSA) is 56.3 Å². The van der Waals surface area contributed by atoms with Gasteiger partial charge in [-0.15, -0.1) is 0 Å². The van der Waals surface area contributed by atoms with Crippen LogP contribution in [0.1, 0.15) is 37.9 Å². The maximum Gasteiger partial charge on any atom is 0.240 e. The van der Waals surface area contributed by atoms with Crippen LogP contribution in [0.4, 0.5) is 0 Å². The molecule has 2 rings (SSSR count). The zero-order chi connectivity index (χ0) is 13.0. The predicted octanol–water partition coefficient (Wildman–Crippen LogP) is 1.94. The molecule has 0 aliphatic heterocycles. The number of aromatic nitrogens is 2. The smallest absolute Gasteiger partial charge is 0.240 e. The van der Waals surface area contributed by atoms with Gasteiger partial charge in [0.1, 0.15) is 5.69 Å². The molecule has 1 aliphatic carbocycles. The Morgan fingerprint density at radius 2 is 2.17 bits per heavy atom. The number of rotatable bonds is 7. The maximum atomic E-state index is 5.32. The number of ether oxygens (including phenoxy) is 2. The molecule has 0 aromatic carbocycles. The molecule has 0 saturated heterocycles. The lowest BCUT2D eigenvalue weighted by Crippen LogP contribution is -2.23. The molecule has 0 radical (unpaired) electrons. The first kappa shape index (κ1) is 13.1. The highest BCUT2D eigenvalue weighted by atomic mass is 16.5. The molecule has 1 unspecified atom stereocenters. The van der Waals surface area contributed by atoms with Crippen LogP contribution in [-0.2, 0) is 0 Å². The van der Waals surface area contributed by atoms with Crippen molar-refractivity contribution in [3.05, 3.63) is 11.9 Å². The second kappa shape index (κ2) is 6.00. The summed E-state index contributed by atoms with van der Waals surface area (Å²) in [5.74, 6) is 1.86. The van der Waals surface area contributed by atoms with Crippen LogP contribution >= 0.6 is 0 Å². The Morgan fingerprint density at radius 1 is 1.39 bits per heavy atom. The average Bonchev–Trinajstić information content (AvgIpc) is 3.21. The van der Waals surface area contributed by atoms with Crippen molar-refractivity contribution in [3.63, 3.8) is 0 Å². The Bertz CT molecular complexity index is 394. The van der Waals surface area contributed by atoms with E-state index in [0.717, 1.165) is 24.6 Å². The molecule has 5 nitrogen and oxygen atoms in total. The van der Waals surface area contributed by atoms with E-state index in [2.05, 4.69) is 22.2 Å². The van der Waals surface area contributed by atoms with Gasteiger partial charge in [0.15, 0.2) is 0 Å². The summed E-state index contributed by atoms with van der Waals surface area (Å²) in [6.07, 6.45) is 5.40. The van der Waals surface area contributed by atoms with Crippen LogP contribution in [0.15, 0.2) is 6.20 Å². The van der Waals surface area contributed by atoms with E-state index in [1.165, 1.54) is 12.8 Å². The first-order chi connectivity index (χ1) is 8.78. The van der Waals surface area contributed by atoms with Crippen molar-refractivity contribution in [2.24, 2.45) is 5.92 Å². The summed E-state index contributed by atoms with van der Waals surface area (Å²) >= 11 is 0. The summed E-state index contributed by atoms with van der Waals surface area (Å²) in [5, 5.41) is 3.46. The van der Waals surface area contributed by atoms with E-state index in [-0.39, 0.29) is 6.04 Å². The molecule has 100 valence electrons. The fraction of sp³-hybridized carbons (Fsp3) is 0.692. The number of hydrogen-bond acceptors (Lipinski definition) is 5. The van der Waals surface area contributed by atoms with Crippen molar-refractivity contribution in [2.75, 3.05) is 20.8 Å². The molecule has 1 N–H and O–H groups in total. The molecule has 1 aromatic heterocycles. The maximum absolute atomic E-state index is 5.32. The Morgan fingerprint density at radius 3 is 2.72 bits per heavy atom. The first-order valence-electron chi connectivity index (χ1n) is 6.46. The molecule has 0 spiro atoms. The fourth-order valence-electron chi connectivity index (χ4n) is 2.08. The average molecular weight is 251 g/mol. The SMILES string of the molecule is CCNC(CC1CC1)c1ncc(OC)nc1OC. The van der Waals surface area contributed by atoms with Crippen LogP contribution < -0.4 is 14.8 Å². The summed E-state index contributed by atoms with van der Waals surface area (Å²) in [6.45, 7) is 3.01. The summed E-state index contributed by atoms with van der Waals surface area (Å²) in [6, 6.07) is 0.218. The number of nitrogens with one attached hydrogen (secondary N) is 1. The Labute approximate surface area is 108 Å². The van der Waals surface area contributed by atoms with Crippen molar-refractivity contribution < 1.29 is 9.47 Å². The van der Waals surface area contributed by atoms with Crippen LogP contribution in [-0.4, -0.2) is 30.7 Å². The lowest BCUT2D eigenvalue weighted by atomic mass is 10.1. The van der Waals surface area contributed by atoms with Crippen LogP contribution in [0.2, 0.25) is 0 Å². The highest BCUT2D eigenvalue weighted by Gasteiger charge is 2.28. The van der Waals surface area contributed by atoms with Gasteiger partial charge in [0.2, 0.25) is 11.8 Å². The van der Waals surface area contributed by atoms with Gasteiger partial charge in [-0.3, -0.25) is 0 Å². The van der Waals surface area contributed by atoms with Gasteiger partial charge < -0.3 is 14.8 Å². The van der Waals surface area contributed by atoms with Crippen molar-refractivity contribution >= 4 is 0 Å². The standard InChI is InChI=1S/C13H21N3O2/c1-4-14-10(7-9-5-6-9)12-13(18-3)16-11(17-2)8-15-12/h8-10,14H,4-7H2,1-3H3. The fourth-order valence-corrected chi connectivity index (χ4v) is 2.08. The molecule has 5 heteroatoms. The van der Waals surface area contributed by atoms with E-state index in [0.29, 0.717) is 11.8 Å². The van der Waals surface area contributed by atoms with Gasteiger partial charge in [0, 0.05) is 0 Å². The zero-order valence-corrected chi connectivity index (χ0v) is 11.3. The number of nitrogens with zero attached hydrogens (tertiary/aromatic N) is 2. The Hall–Kier alpha value is -1.36. The minimum absolute atomic E-state index is 0.218. The molecule has 0 amide bonds. The van der Waals surface area contributed by atoms with E-state index in [1.807, 2.05) is 0 Å².